The van der Waals surface area contributed by atoms with Crippen molar-refractivity contribution >= 4 is 24.0 Å². The number of nitrogens with zero attached hydrogens (tertiary/aromatic N) is 1. The third-order valence-electron chi connectivity index (χ3n) is 5.26. The molecule has 130 valence electrons. The van der Waals surface area contributed by atoms with Crippen LogP contribution in [0.4, 0.5) is 4.39 Å². The summed E-state index contributed by atoms with van der Waals surface area (Å²) >= 11 is 6.45. The first-order chi connectivity index (χ1) is 10.7. The molecule has 1 heterocycles. The van der Waals surface area contributed by atoms with Crippen molar-refractivity contribution in [1.29, 1.82) is 0 Å². The molecule has 1 aromatic rings. The summed E-state index contributed by atoms with van der Waals surface area (Å²) in [7, 11) is 0. The van der Waals surface area contributed by atoms with Crippen LogP contribution in [0.3, 0.4) is 0 Å². The zero-order valence-corrected chi connectivity index (χ0v) is 15.4. The second-order valence-corrected chi connectivity index (χ2v) is 7.13. The monoisotopic (exact) mass is 360 g/mol. The molecule has 0 radical (unpaired) electrons. The third kappa shape index (κ3) is 4.19. The molecule has 1 saturated carbocycles. The van der Waals surface area contributed by atoms with Gasteiger partial charge in [-0.3, -0.25) is 4.90 Å². The van der Waals surface area contributed by atoms with Crippen LogP contribution >= 0.6 is 24.0 Å². The Labute approximate surface area is 150 Å². The quantitative estimate of drug-likeness (QED) is 0.837. The molecule has 2 nitrogen and oxygen atoms in total. The fourth-order valence-electron chi connectivity index (χ4n) is 4.08. The van der Waals surface area contributed by atoms with Crippen molar-refractivity contribution in [3.63, 3.8) is 0 Å². The second-order valence-electron chi connectivity index (χ2n) is 6.72. The molecule has 5 heteroatoms. The van der Waals surface area contributed by atoms with Crippen LogP contribution in [-0.2, 0) is 0 Å². The Bertz CT molecular complexity index is 494. The Balaban J connectivity index is 0.00000192. The highest BCUT2D eigenvalue weighted by Crippen LogP contribution is 2.42. The van der Waals surface area contributed by atoms with Gasteiger partial charge in [-0.25, -0.2) is 4.39 Å². The van der Waals surface area contributed by atoms with E-state index in [9.17, 15) is 4.39 Å². The van der Waals surface area contributed by atoms with Crippen molar-refractivity contribution in [1.82, 2.24) is 10.2 Å². The summed E-state index contributed by atoms with van der Waals surface area (Å²) in [5.41, 5.74) is 1.45. The van der Waals surface area contributed by atoms with Gasteiger partial charge in [0.15, 0.2) is 0 Å². The smallest absolute Gasteiger partial charge is 0.132 e. The van der Waals surface area contributed by atoms with Crippen LogP contribution in [-0.4, -0.2) is 31.1 Å². The maximum Gasteiger partial charge on any atom is 0.132 e. The summed E-state index contributed by atoms with van der Waals surface area (Å²) in [6, 6.07) is 3.79. The molecule has 3 rings (SSSR count). The van der Waals surface area contributed by atoms with E-state index in [1.54, 1.807) is 6.07 Å². The third-order valence-corrected chi connectivity index (χ3v) is 5.59. The minimum absolute atomic E-state index is 0. The highest BCUT2D eigenvalue weighted by Gasteiger charge is 2.34. The first-order valence-corrected chi connectivity index (χ1v) is 8.95. The molecule has 0 bridgehead atoms. The van der Waals surface area contributed by atoms with E-state index < -0.39 is 0 Å². The van der Waals surface area contributed by atoms with Gasteiger partial charge < -0.3 is 5.32 Å². The van der Waals surface area contributed by atoms with E-state index in [0.29, 0.717) is 16.5 Å². The first-order valence-electron chi connectivity index (χ1n) is 8.57. The van der Waals surface area contributed by atoms with Crippen molar-refractivity contribution in [2.75, 3.05) is 26.2 Å². The average molecular weight is 361 g/mol. The lowest BCUT2D eigenvalue weighted by molar-refractivity contribution is 0.101. The molecule has 1 N–H and O–H groups in total. The van der Waals surface area contributed by atoms with Crippen molar-refractivity contribution in [2.24, 2.45) is 5.92 Å². The van der Waals surface area contributed by atoms with Gasteiger partial charge in [0.05, 0.1) is 0 Å². The Morgan fingerprint density at radius 2 is 1.83 bits per heavy atom. The minimum Gasteiger partial charge on any atom is -0.314 e. The molecule has 23 heavy (non-hydrogen) atoms. The molecule has 0 unspecified atom stereocenters. The van der Waals surface area contributed by atoms with Crippen LogP contribution in [0, 0.1) is 18.7 Å². The fraction of sp³-hybridized carbons (Fsp3) is 0.667. The largest absolute Gasteiger partial charge is 0.314 e. The number of hydrogen-bond acceptors (Lipinski definition) is 2. The van der Waals surface area contributed by atoms with Gasteiger partial charge in [0.2, 0.25) is 0 Å². The summed E-state index contributed by atoms with van der Waals surface area (Å²) in [6.07, 6.45) is 6.22. The van der Waals surface area contributed by atoms with E-state index >= 15 is 0 Å². The molecule has 2 fully saturated rings. The summed E-state index contributed by atoms with van der Waals surface area (Å²) in [4.78, 5) is 2.45. The lowest BCUT2D eigenvalue weighted by Gasteiger charge is -2.41. The standard InChI is InChI=1S/C18H26ClFN2.ClH/c1-13-7-8-15(19)16(17(13)20)18(14-5-3-2-4-6-14)22-11-9-21-10-12-22;/h7-8,14,18,21H,2-6,9-12H2,1H3;1H/t18-;/m0./s1. The van der Waals surface area contributed by atoms with E-state index in [4.69, 9.17) is 11.6 Å². The van der Waals surface area contributed by atoms with Crippen LogP contribution in [0.1, 0.15) is 49.3 Å². The van der Waals surface area contributed by atoms with Gasteiger partial charge in [0.1, 0.15) is 5.82 Å². The molecule has 0 amide bonds. The van der Waals surface area contributed by atoms with Gasteiger partial charge >= 0.3 is 0 Å². The Hall–Kier alpha value is -0.350. The summed E-state index contributed by atoms with van der Waals surface area (Å²) in [6.45, 7) is 5.75. The molecular weight excluding hydrogens is 334 g/mol. The van der Waals surface area contributed by atoms with Gasteiger partial charge in [0, 0.05) is 42.8 Å². The second kappa shape index (κ2) is 8.66. The fourth-order valence-corrected chi connectivity index (χ4v) is 4.33. The summed E-state index contributed by atoms with van der Waals surface area (Å²) in [5.74, 6) is 0.433. The van der Waals surface area contributed by atoms with Crippen LogP contribution < -0.4 is 5.32 Å². The average Bonchev–Trinajstić information content (AvgIpc) is 2.57. The van der Waals surface area contributed by atoms with Gasteiger partial charge in [-0.1, -0.05) is 36.9 Å². The lowest BCUT2D eigenvalue weighted by atomic mass is 9.79. The highest BCUT2D eigenvalue weighted by molar-refractivity contribution is 6.31. The van der Waals surface area contributed by atoms with Crippen molar-refractivity contribution < 1.29 is 4.39 Å². The molecule has 1 aliphatic heterocycles. The van der Waals surface area contributed by atoms with Crippen LogP contribution in [0.15, 0.2) is 12.1 Å². The molecule has 2 aliphatic rings. The van der Waals surface area contributed by atoms with Gasteiger partial charge in [-0.2, -0.15) is 0 Å². The van der Waals surface area contributed by atoms with Crippen LogP contribution in [0.25, 0.3) is 0 Å². The molecule has 1 atom stereocenters. The Morgan fingerprint density at radius 1 is 1.17 bits per heavy atom. The Kier molecular flexibility index (Phi) is 7.15. The van der Waals surface area contributed by atoms with Crippen molar-refractivity contribution in [3.05, 3.63) is 34.1 Å². The number of nitrogens with one attached hydrogen (secondary N) is 1. The van der Waals surface area contributed by atoms with Crippen molar-refractivity contribution in [3.8, 4) is 0 Å². The highest BCUT2D eigenvalue weighted by atomic mass is 35.5. The predicted molar refractivity (Wildman–Crippen MR) is 97.2 cm³/mol. The zero-order valence-electron chi connectivity index (χ0n) is 13.8. The van der Waals surface area contributed by atoms with Crippen LogP contribution in [0.5, 0.6) is 0 Å². The molecular formula is C18H27Cl2FN2. The van der Waals surface area contributed by atoms with Gasteiger partial charge in [-0.15, -0.1) is 12.4 Å². The molecule has 1 aromatic carbocycles. The first kappa shape index (κ1) is 19.0. The summed E-state index contributed by atoms with van der Waals surface area (Å²) < 4.78 is 14.9. The van der Waals surface area contributed by atoms with E-state index in [-0.39, 0.29) is 24.3 Å². The number of rotatable bonds is 3. The van der Waals surface area contributed by atoms with E-state index in [1.807, 2.05) is 13.0 Å². The van der Waals surface area contributed by atoms with Crippen molar-refractivity contribution in [2.45, 2.75) is 45.1 Å². The SMILES string of the molecule is Cc1ccc(Cl)c([C@H](C2CCCCC2)N2CCNCC2)c1F.Cl. The Morgan fingerprint density at radius 3 is 2.48 bits per heavy atom. The number of aryl methyl sites for hydroxylation is 1. The minimum atomic E-state index is -0.0957. The number of benzene rings is 1. The van der Waals surface area contributed by atoms with E-state index in [0.717, 1.165) is 31.7 Å². The predicted octanol–water partition coefficient (Wildman–Crippen LogP) is 4.74. The lowest BCUT2D eigenvalue weighted by Crippen LogP contribution is -2.47. The topological polar surface area (TPSA) is 15.3 Å². The van der Waals surface area contributed by atoms with E-state index in [1.165, 1.54) is 32.1 Å². The number of halogens is 3. The zero-order chi connectivity index (χ0) is 15.5. The van der Waals surface area contributed by atoms with E-state index in [2.05, 4.69) is 10.2 Å². The maximum atomic E-state index is 14.9. The molecule has 0 aromatic heterocycles. The molecule has 0 spiro atoms. The van der Waals surface area contributed by atoms with Crippen LogP contribution in [0.2, 0.25) is 5.02 Å². The van der Waals surface area contributed by atoms with Gasteiger partial charge in [0.25, 0.3) is 0 Å². The summed E-state index contributed by atoms with van der Waals surface area (Å²) in [5, 5.41) is 3.99. The maximum absolute atomic E-state index is 14.9. The molecule has 1 aliphatic carbocycles. The number of hydrogen-bond donors (Lipinski definition) is 1. The molecule has 1 saturated heterocycles. The normalized spacial score (nSPS) is 21.7. The van der Waals surface area contributed by atoms with Gasteiger partial charge in [-0.05, 0) is 37.3 Å². The number of piperazine rings is 1.